The number of allylic oxidation sites excluding steroid dienone is 1. The van der Waals surface area contributed by atoms with Gasteiger partial charge in [0.2, 0.25) is 0 Å². The van der Waals surface area contributed by atoms with Crippen molar-refractivity contribution in [2.75, 3.05) is 7.11 Å². The number of nitrogens with zero attached hydrogens (tertiary/aromatic N) is 2. The van der Waals surface area contributed by atoms with Gasteiger partial charge in [-0.25, -0.2) is 13.6 Å². The highest BCUT2D eigenvalue weighted by Crippen LogP contribution is 2.25. The van der Waals surface area contributed by atoms with E-state index in [0.717, 1.165) is 12.1 Å². The quantitative estimate of drug-likeness (QED) is 0.510. The van der Waals surface area contributed by atoms with Crippen LogP contribution in [0.2, 0.25) is 0 Å². The lowest BCUT2D eigenvalue weighted by atomic mass is 10.1. The van der Waals surface area contributed by atoms with Gasteiger partial charge in [0.25, 0.3) is 0 Å². The normalized spacial score (nSPS) is 10.8. The van der Waals surface area contributed by atoms with E-state index in [1.807, 2.05) is 0 Å². The lowest BCUT2D eigenvalue weighted by Gasteiger charge is -2.08. The van der Waals surface area contributed by atoms with E-state index in [1.165, 1.54) is 11.8 Å². The topological polar surface area (TPSA) is 53.3 Å². The first-order valence-corrected chi connectivity index (χ1v) is 7.76. The first-order valence-electron chi connectivity index (χ1n) is 7.76. The summed E-state index contributed by atoms with van der Waals surface area (Å²) in [5.41, 5.74) is 0.424. The van der Waals surface area contributed by atoms with Gasteiger partial charge in [-0.05, 0) is 13.0 Å². The molecule has 2 aromatic carbocycles. The summed E-state index contributed by atoms with van der Waals surface area (Å²) in [6, 6.07) is 9.07. The van der Waals surface area contributed by atoms with Crippen LogP contribution in [0, 0.1) is 11.6 Å². The summed E-state index contributed by atoms with van der Waals surface area (Å²) in [7, 11) is 1.33. The fourth-order valence-electron chi connectivity index (χ4n) is 2.60. The monoisotopic (exact) mass is 358 g/mol. The van der Waals surface area contributed by atoms with Gasteiger partial charge < -0.3 is 9.47 Å². The van der Waals surface area contributed by atoms with Crippen LogP contribution in [0.1, 0.15) is 23.0 Å². The van der Waals surface area contributed by atoms with Crippen LogP contribution < -0.4 is 4.74 Å². The van der Waals surface area contributed by atoms with Crippen molar-refractivity contribution < 1.29 is 23.0 Å². The molecule has 0 unspecified atom stereocenters. The van der Waals surface area contributed by atoms with Crippen LogP contribution in [0.4, 0.5) is 8.78 Å². The molecule has 0 amide bonds. The first kappa shape index (κ1) is 17.6. The van der Waals surface area contributed by atoms with E-state index < -0.39 is 17.6 Å². The minimum atomic E-state index is -0.757. The summed E-state index contributed by atoms with van der Waals surface area (Å²) in [6.07, 6.45) is 0. The number of ether oxygens (including phenoxy) is 2. The molecule has 0 fully saturated rings. The Morgan fingerprint density at radius 2 is 1.88 bits per heavy atom. The molecule has 0 atom stereocenters. The van der Waals surface area contributed by atoms with Crippen molar-refractivity contribution >= 4 is 16.9 Å². The molecule has 1 aromatic heterocycles. The molecule has 1 heterocycles. The van der Waals surface area contributed by atoms with Crippen molar-refractivity contribution in [3.05, 3.63) is 71.6 Å². The van der Waals surface area contributed by atoms with Crippen LogP contribution in [-0.2, 0) is 11.3 Å². The highest BCUT2D eigenvalue weighted by atomic mass is 19.1. The number of hydrogen-bond donors (Lipinski definition) is 0. The van der Waals surface area contributed by atoms with Crippen molar-refractivity contribution in [2.45, 2.75) is 13.5 Å². The van der Waals surface area contributed by atoms with Gasteiger partial charge in [-0.3, -0.25) is 4.68 Å². The third-order valence-corrected chi connectivity index (χ3v) is 3.78. The van der Waals surface area contributed by atoms with E-state index in [2.05, 4.69) is 11.7 Å². The van der Waals surface area contributed by atoms with E-state index >= 15 is 0 Å². The van der Waals surface area contributed by atoms with Crippen LogP contribution in [0.25, 0.3) is 10.9 Å². The number of fused-ring (bicyclic) bond motifs is 1. The average Bonchev–Trinajstić information content (AvgIpc) is 2.96. The maximum absolute atomic E-state index is 14.3. The Kier molecular flexibility index (Phi) is 4.71. The van der Waals surface area contributed by atoms with E-state index in [9.17, 15) is 13.6 Å². The minimum Gasteiger partial charge on any atom is -0.497 e. The molecule has 0 spiro atoms. The second-order valence-electron chi connectivity index (χ2n) is 5.68. The fraction of sp³-hybridized carbons (Fsp3) is 0.158. The molecule has 0 bridgehead atoms. The molecule has 0 N–H and O–H groups in total. The van der Waals surface area contributed by atoms with Crippen LogP contribution in [0.3, 0.4) is 0 Å². The highest BCUT2D eigenvalue weighted by Gasteiger charge is 2.20. The second-order valence-corrected chi connectivity index (χ2v) is 5.68. The smallest absolute Gasteiger partial charge is 0.364 e. The molecule has 0 aliphatic carbocycles. The van der Waals surface area contributed by atoms with Crippen molar-refractivity contribution in [2.24, 2.45) is 0 Å². The molecule has 0 aliphatic heterocycles. The fourth-order valence-corrected chi connectivity index (χ4v) is 2.60. The second kappa shape index (κ2) is 6.95. The number of esters is 1. The van der Waals surface area contributed by atoms with Crippen molar-refractivity contribution in [3.8, 4) is 5.75 Å². The third kappa shape index (κ3) is 3.28. The highest BCUT2D eigenvalue weighted by molar-refractivity contribution is 6.02. The predicted molar refractivity (Wildman–Crippen MR) is 92.0 cm³/mol. The molecular weight excluding hydrogens is 342 g/mol. The zero-order valence-corrected chi connectivity index (χ0v) is 14.3. The molecule has 26 heavy (non-hydrogen) atoms. The van der Waals surface area contributed by atoms with Crippen LogP contribution in [0.5, 0.6) is 5.75 Å². The van der Waals surface area contributed by atoms with Gasteiger partial charge in [-0.2, -0.15) is 5.10 Å². The number of halogens is 2. The van der Waals surface area contributed by atoms with Gasteiger partial charge in [0.05, 0.1) is 24.9 Å². The van der Waals surface area contributed by atoms with Crippen LogP contribution in [0.15, 0.2) is 48.7 Å². The van der Waals surface area contributed by atoms with Crippen LogP contribution >= 0.6 is 0 Å². The van der Waals surface area contributed by atoms with Gasteiger partial charge in [0, 0.05) is 23.1 Å². The number of rotatable bonds is 5. The largest absolute Gasteiger partial charge is 0.497 e. The maximum atomic E-state index is 14.3. The number of hydrogen-bond acceptors (Lipinski definition) is 4. The summed E-state index contributed by atoms with van der Waals surface area (Å²) < 4.78 is 39.7. The SMILES string of the molecule is C=C(C)OC(=O)c1nn(Cc2c(F)cc(OC)cc2F)c2ccccc12. The van der Waals surface area contributed by atoms with Gasteiger partial charge in [0.1, 0.15) is 17.4 Å². The molecular formula is C19H16F2N2O3. The van der Waals surface area contributed by atoms with E-state index in [-0.39, 0.29) is 29.3 Å². The van der Waals surface area contributed by atoms with Gasteiger partial charge in [-0.15, -0.1) is 0 Å². The Bertz CT molecular complexity index is 988. The number of methoxy groups -OCH3 is 1. The number of para-hydroxylation sites is 1. The number of aromatic nitrogens is 2. The Balaban J connectivity index is 2.07. The molecule has 134 valence electrons. The lowest BCUT2D eigenvalue weighted by Crippen LogP contribution is -2.09. The molecule has 7 heteroatoms. The summed E-state index contributed by atoms with van der Waals surface area (Å²) in [6.45, 7) is 4.87. The van der Waals surface area contributed by atoms with Gasteiger partial charge in [-0.1, -0.05) is 24.8 Å². The number of carbonyl (C=O) groups is 1. The maximum Gasteiger partial charge on any atom is 0.364 e. The summed E-state index contributed by atoms with van der Waals surface area (Å²) >= 11 is 0. The molecule has 0 aliphatic rings. The van der Waals surface area contributed by atoms with E-state index in [4.69, 9.17) is 9.47 Å². The molecule has 0 saturated heterocycles. The number of benzene rings is 2. The Labute approximate surface area is 148 Å². The minimum absolute atomic E-state index is 0.0536. The summed E-state index contributed by atoms with van der Waals surface area (Å²) in [4.78, 5) is 12.2. The molecule has 3 aromatic rings. The molecule has 5 nitrogen and oxygen atoms in total. The zero-order valence-electron chi connectivity index (χ0n) is 14.3. The van der Waals surface area contributed by atoms with Crippen LogP contribution in [-0.4, -0.2) is 22.9 Å². The van der Waals surface area contributed by atoms with E-state index in [1.54, 1.807) is 31.2 Å². The Morgan fingerprint density at radius 1 is 1.23 bits per heavy atom. The van der Waals surface area contributed by atoms with Gasteiger partial charge in [0.15, 0.2) is 5.69 Å². The molecule has 3 rings (SSSR count). The summed E-state index contributed by atoms with van der Waals surface area (Å²) in [5, 5.41) is 4.72. The van der Waals surface area contributed by atoms with Crippen molar-refractivity contribution in [1.29, 1.82) is 0 Å². The standard InChI is InChI=1S/C19H16F2N2O3/c1-11(2)26-19(24)18-13-6-4-5-7-17(13)23(22-18)10-14-15(20)8-12(25-3)9-16(14)21/h4-9H,1,10H2,2-3H3. The van der Waals surface area contributed by atoms with E-state index in [0.29, 0.717) is 10.9 Å². The first-order chi connectivity index (χ1) is 12.4. The zero-order chi connectivity index (χ0) is 18.8. The average molecular weight is 358 g/mol. The van der Waals surface area contributed by atoms with Crippen molar-refractivity contribution in [3.63, 3.8) is 0 Å². The lowest BCUT2D eigenvalue weighted by molar-refractivity contribution is 0.0622. The van der Waals surface area contributed by atoms with Crippen molar-refractivity contribution in [1.82, 2.24) is 9.78 Å². The number of carbonyl (C=O) groups excluding carboxylic acids is 1. The summed E-state index contributed by atoms with van der Waals surface area (Å²) in [5.74, 6) is -1.89. The molecule has 0 radical (unpaired) electrons. The predicted octanol–water partition coefficient (Wildman–Crippen LogP) is 4.06. The molecule has 0 saturated carbocycles. The van der Waals surface area contributed by atoms with Gasteiger partial charge >= 0.3 is 5.97 Å². The third-order valence-electron chi connectivity index (χ3n) is 3.78. The Morgan fingerprint density at radius 3 is 2.50 bits per heavy atom. The Hall–Kier alpha value is -3.22.